The molecule has 188 valence electrons. The Balaban J connectivity index is 1.50. The van der Waals surface area contributed by atoms with Gasteiger partial charge in [0.15, 0.2) is 11.5 Å². The second-order valence-electron chi connectivity index (χ2n) is 7.67. The van der Waals surface area contributed by atoms with Crippen molar-refractivity contribution in [3.8, 4) is 11.5 Å². The molecule has 0 spiro atoms. The number of esters is 2. The Kier molecular flexibility index (Phi) is 7.85. The number of ether oxygens (including phenoxy) is 3. The number of carbonyl (C=O) groups excluding carboxylic acids is 5. The van der Waals surface area contributed by atoms with Crippen molar-refractivity contribution in [3.63, 3.8) is 0 Å². The largest absolute Gasteiger partial charge is 0.493 e. The van der Waals surface area contributed by atoms with Crippen molar-refractivity contribution in [3.05, 3.63) is 53.6 Å². The first kappa shape index (κ1) is 25.6. The molecule has 36 heavy (non-hydrogen) atoms. The minimum absolute atomic E-state index is 0.0924. The normalized spacial score (nSPS) is 19.3. The molecule has 0 unspecified atom stereocenters. The van der Waals surface area contributed by atoms with E-state index < -0.39 is 28.3 Å². The summed E-state index contributed by atoms with van der Waals surface area (Å²) in [5, 5.41) is 0.431. The Morgan fingerprint density at radius 2 is 1.83 bits per heavy atom. The smallest absolute Gasteiger partial charge is 0.338 e. The number of amides is 3. The fourth-order valence-corrected chi connectivity index (χ4v) is 5.66. The number of methoxy groups -OCH3 is 1. The van der Waals surface area contributed by atoms with Crippen molar-refractivity contribution >= 4 is 58.2 Å². The van der Waals surface area contributed by atoms with Crippen molar-refractivity contribution in [1.82, 2.24) is 5.32 Å². The molecule has 2 aromatic rings. The van der Waals surface area contributed by atoms with E-state index in [9.17, 15) is 24.0 Å². The van der Waals surface area contributed by atoms with Crippen LogP contribution in [0.2, 0.25) is 0 Å². The lowest BCUT2D eigenvalue weighted by Crippen LogP contribution is -2.28. The monoisotopic (exact) mass is 530 g/mol. The molecule has 2 atom stereocenters. The average Bonchev–Trinajstić information content (AvgIpc) is 3.40. The Hall–Kier alpha value is -3.51. The third-order valence-electron chi connectivity index (χ3n) is 5.34. The molecule has 12 heteroatoms. The predicted molar refractivity (Wildman–Crippen MR) is 133 cm³/mol. The molecule has 3 amide bonds. The van der Waals surface area contributed by atoms with E-state index in [0.29, 0.717) is 11.3 Å². The van der Waals surface area contributed by atoms with Crippen LogP contribution in [0.15, 0.2) is 42.5 Å². The number of hydrogen-bond donors (Lipinski definition) is 1. The molecule has 2 aromatic carbocycles. The standard InChI is InChI=1S/C24H22N2O8S2/c1-3-33-23(30)13-4-7-15(8-5-13)26-19(27)12-35-22(26)14-6-9-16(17(10-14)32-2)34-20(28)11-18-21(29)25-24(31)36-18/h4-10,18,22H,3,11-12H2,1-2H3,(H,25,29,31)/t18-,22-/m0/s1. The number of hydrogen-bond acceptors (Lipinski definition) is 10. The second kappa shape index (κ2) is 11.0. The summed E-state index contributed by atoms with van der Waals surface area (Å²) < 4.78 is 15.8. The predicted octanol–water partition coefficient (Wildman–Crippen LogP) is 3.30. The molecule has 2 saturated heterocycles. The van der Waals surface area contributed by atoms with E-state index in [4.69, 9.17) is 14.2 Å². The van der Waals surface area contributed by atoms with Crippen LogP contribution in [-0.4, -0.2) is 53.7 Å². The average molecular weight is 531 g/mol. The third kappa shape index (κ3) is 5.49. The molecule has 2 heterocycles. The summed E-state index contributed by atoms with van der Waals surface area (Å²) >= 11 is 2.18. The van der Waals surface area contributed by atoms with Crippen molar-refractivity contribution in [2.75, 3.05) is 24.4 Å². The Bertz CT molecular complexity index is 1220. The zero-order valence-electron chi connectivity index (χ0n) is 19.3. The number of carbonyl (C=O) groups is 5. The van der Waals surface area contributed by atoms with Crippen LogP contribution in [0.5, 0.6) is 11.5 Å². The van der Waals surface area contributed by atoms with Crippen LogP contribution in [0.3, 0.4) is 0 Å². The van der Waals surface area contributed by atoms with E-state index in [1.165, 1.54) is 18.9 Å². The first-order chi connectivity index (χ1) is 17.3. The number of rotatable bonds is 8. The van der Waals surface area contributed by atoms with Crippen LogP contribution >= 0.6 is 23.5 Å². The highest BCUT2D eigenvalue weighted by Crippen LogP contribution is 2.44. The van der Waals surface area contributed by atoms with Gasteiger partial charge in [0.05, 0.1) is 31.5 Å². The van der Waals surface area contributed by atoms with Gasteiger partial charge >= 0.3 is 11.9 Å². The SMILES string of the molecule is CCOC(=O)c1ccc(N2C(=O)CS[C@H]2c2ccc(OC(=O)C[C@@H]3SC(=O)NC3=O)c(OC)c2)cc1. The van der Waals surface area contributed by atoms with Gasteiger partial charge in [-0.15, -0.1) is 11.8 Å². The molecule has 2 aliphatic rings. The molecule has 2 fully saturated rings. The third-order valence-corrected chi connectivity index (χ3v) is 7.53. The van der Waals surface area contributed by atoms with Crippen LogP contribution in [0.25, 0.3) is 0 Å². The summed E-state index contributed by atoms with van der Waals surface area (Å²) in [6, 6.07) is 11.6. The van der Waals surface area contributed by atoms with Crippen molar-refractivity contribution in [1.29, 1.82) is 0 Å². The number of imide groups is 1. The fourth-order valence-electron chi connectivity index (χ4n) is 3.69. The Morgan fingerprint density at radius 3 is 2.47 bits per heavy atom. The molecule has 0 aliphatic carbocycles. The quantitative estimate of drug-likeness (QED) is 0.401. The van der Waals surface area contributed by atoms with E-state index in [1.807, 2.05) is 0 Å². The number of nitrogens with zero attached hydrogens (tertiary/aromatic N) is 1. The lowest BCUT2D eigenvalue weighted by Gasteiger charge is -2.25. The minimum Gasteiger partial charge on any atom is -0.493 e. The first-order valence-electron chi connectivity index (χ1n) is 10.9. The lowest BCUT2D eigenvalue weighted by atomic mass is 10.1. The van der Waals surface area contributed by atoms with Gasteiger partial charge < -0.3 is 14.2 Å². The topological polar surface area (TPSA) is 128 Å². The maximum Gasteiger partial charge on any atom is 0.338 e. The number of benzene rings is 2. The highest BCUT2D eigenvalue weighted by Gasteiger charge is 2.36. The van der Waals surface area contributed by atoms with Gasteiger partial charge in [0.25, 0.3) is 5.24 Å². The van der Waals surface area contributed by atoms with Crippen molar-refractivity contribution in [2.24, 2.45) is 0 Å². The van der Waals surface area contributed by atoms with Crippen molar-refractivity contribution < 1.29 is 38.2 Å². The summed E-state index contributed by atoms with van der Waals surface area (Å²) in [7, 11) is 1.42. The van der Waals surface area contributed by atoms with Gasteiger partial charge in [-0.05, 0) is 48.9 Å². The first-order valence-corrected chi connectivity index (χ1v) is 12.8. The molecule has 0 bridgehead atoms. The van der Waals surface area contributed by atoms with Gasteiger partial charge in [-0.3, -0.25) is 29.4 Å². The summed E-state index contributed by atoms with van der Waals surface area (Å²) in [6.45, 7) is 2.00. The maximum absolute atomic E-state index is 12.7. The lowest BCUT2D eigenvalue weighted by molar-refractivity contribution is -0.136. The number of thioether (sulfide) groups is 2. The molecule has 2 aliphatic heterocycles. The number of anilines is 1. The highest BCUT2D eigenvalue weighted by molar-refractivity contribution is 8.15. The van der Waals surface area contributed by atoms with E-state index in [-0.39, 0.29) is 41.6 Å². The maximum atomic E-state index is 12.7. The van der Waals surface area contributed by atoms with Crippen LogP contribution in [0, 0.1) is 0 Å². The minimum atomic E-state index is -0.833. The summed E-state index contributed by atoms with van der Waals surface area (Å²) in [6.07, 6.45) is -0.268. The Labute approximate surface area is 215 Å². The van der Waals surface area contributed by atoms with Gasteiger partial charge in [-0.25, -0.2) is 4.79 Å². The molecule has 4 rings (SSSR count). The van der Waals surface area contributed by atoms with Gasteiger partial charge in [0.2, 0.25) is 11.8 Å². The van der Waals surface area contributed by atoms with Gasteiger partial charge in [0, 0.05) is 5.69 Å². The van der Waals surface area contributed by atoms with E-state index >= 15 is 0 Å². The fraction of sp³-hybridized carbons (Fsp3) is 0.292. The van der Waals surface area contributed by atoms with Gasteiger partial charge in [-0.1, -0.05) is 17.8 Å². The van der Waals surface area contributed by atoms with Crippen LogP contribution in [0.4, 0.5) is 10.5 Å². The molecular weight excluding hydrogens is 508 g/mol. The summed E-state index contributed by atoms with van der Waals surface area (Å²) in [4.78, 5) is 61.6. The van der Waals surface area contributed by atoms with Crippen LogP contribution < -0.4 is 19.7 Å². The van der Waals surface area contributed by atoms with E-state index in [2.05, 4.69) is 5.32 Å². The molecule has 0 aromatic heterocycles. The zero-order valence-corrected chi connectivity index (χ0v) is 21.0. The molecule has 1 N–H and O–H groups in total. The zero-order chi connectivity index (χ0) is 25.8. The van der Waals surface area contributed by atoms with Crippen molar-refractivity contribution in [2.45, 2.75) is 24.0 Å². The summed E-state index contributed by atoms with van der Waals surface area (Å²) in [5.41, 5.74) is 1.76. The van der Waals surface area contributed by atoms with E-state index in [1.54, 1.807) is 54.3 Å². The second-order valence-corrected chi connectivity index (χ2v) is 9.91. The number of nitrogens with one attached hydrogen (secondary N) is 1. The molecular formula is C24H22N2O8S2. The molecule has 0 radical (unpaired) electrons. The molecule has 0 saturated carbocycles. The highest BCUT2D eigenvalue weighted by atomic mass is 32.2. The Morgan fingerprint density at radius 1 is 1.08 bits per heavy atom. The van der Waals surface area contributed by atoms with Gasteiger partial charge in [-0.2, -0.15) is 0 Å². The molecule has 10 nitrogen and oxygen atoms in total. The summed E-state index contributed by atoms with van der Waals surface area (Å²) in [5.74, 6) is -1.04. The van der Waals surface area contributed by atoms with Crippen LogP contribution in [0.1, 0.15) is 34.6 Å². The van der Waals surface area contributed by atoms with Gasteiger partial charge in [0.1, 0.15) is 10.6 Å². The van der Waals surface area contributed by atoms with Crippen LogP contribution in [-0.2, 0) is 19.1 Å². The van der Waals surface area contributed by atoms with E-state index in [0.717, 1.165) is 17.3 Å².